The Bertz CT molecular complexity index is 1400. The molecule has 1 aliphatic heterocycles. The average molecular weight is 634 g/mol. The second-order valence-electron chi connectivity index (χ2n) is 11.3. The molecule has 0 saturated carbocycles. The number of ether oxygens (including phenoxy) is 3. The Balaban J connectivity index is 1.47. The van der Waals surface area contributed by atoms with Crippen LogP contribution in [0.1, 0.15) is 36.6 Å². The van der Waals surface area contributed by atoms with E-state index in [9.17, 15) is 23.3 Å². The molecule has 3 aromatic heterocycles. The highest BCUT2D eigenvalue weighted by Crippen LogP contribution is 2.39. The van der Waals surface area contributed by atoms with Gasteiger partial charge in [-0.2, -0.15) is 23.3 Å². The SMILES string of the molecule is Cc1nn(C2CCCOC2)c(OCCCNc2nc(Cl)nc3c2c(C(F)(F)F)cn3COCC[Si](C)(C)C)c1[N+](=O)[O-]. The summed E-state index contributed by atoms with van der Waals surface area (Å²) in [4.78, 5) is 19.3. The fourth-order valence-corrected chi connectivity index (χ4v) is 5.54. The van der Waals surface area contributed by atoms with Crippen molar-refractivity contribution >= 4 is 42.2 Å². The summed E-state index contributed by atoms with van der Waals surface area (Å²) in [6.45, 7) is 9.55. The second kappa shape index (κ2) is 13.1. The van der Waals surface area contributed by atoms with Crippen LogP contribution in [-0.4, -0.2) is 70.3 Å². The molecule has 1 unspecified atom stereocenters. The van der Waals surface area contributed by atoms with E-state index in [2.05, 4.69) is 40.0 Å². The van der Waals surface area contributed by atoms with Crippen LogP contribution in [-0.2, 0) is 22.4 Å². The summed E-state index contributed by atoms with van der Waals surface area (Å²) in [7, 11) is -1.38. The first-order valence-electron chi connectivity index (χ1n) is 13.7. The van der Waals surface area contributed by atoms with Gasteiger partial charge in [0, 0.05) is 34.0 Å². The number of nitro groups is 1. The molecule has 0 spiro atoms. The lowest BCUT2D eigenvalue weighted by Crippen LogP contribution is -2.23. The molecule has 42 heavy (non-hydrogen) atoms. The molecule has 17 heteroatoms. The standard InChI is InChI=1S/C25H35ClF3N7O5Si/c1-16-20(36(37)38)23(35(33-16)17-7-5-9-39-14-17)41-10-6-8-30-21-19-18(25(27,28)29)13-34(22(19)32-24(26)31-21)15-40-11-12-42(2,3)4/h13,17H,5-12,14-15H2,1-4H3,(H,30,31,32). The molecule has 4 heterocycles. The van der Waals surface area contributed by atoms with Gasteiger partial charge in [-0.25, -0.2) is 9.67 Å². The van der Waals surface area contributed by atoms with Crippen LogP contribution in [0.3, 0.4) is 0 Å². The van der Waals surface area contributed by atoms with E-state index in [1.54, 1.807) is 6.92 Å². The van der Waals surface area contributed by atoms with Crippen molar-refractivity contribution in [3.8, 4) is 5.88 Å². The fraction of sp³-hybridized carbons (Fsp3) is 0.640. The lowest BCUT2D eigenvalue weighted by Gasteiger charge is -2.23. The molecule has 12 nitrogen and oxygen atoms in total. The van der Waals surface area contributed by atoms with Gasteiger partial charge in [0.15, 0.2) is 0 Å². The molecule has 0 aliphatic carbocycles. The summed E-state index contributed by atoms with van der Waals surface area (Å²) in [5.74, 6) is -0.0459. The summed E-state index contributed by atoms with van der Waals surface area (Å²) in [6, 6.07) is 0.668. The molecular weight excluding hydrogens is 599 g/mol. The largest absolute Gasteiger partial charge is 0.473 e. The number of alkyl halides is 3. The van der Waals surface area contributed by atoms with Crippen LogP contribution >= 0.6 is 11.6 Å². The molecule has 0 amide bonds. The number of hydrogen-bond acceptors (Lipinski definition) is 9. The van der Waals surface area contributed by atoms with Gasteiger partial charge in [0.1, 0.15) is 23.9 Å². The molecule has 1 saturated heterocycles. The third-order valence-corrected chi connectivity index (χ3v) is 8.62. The smallest absolute Gasteiger partial charge is 0.418 e. The summed E-state index contributed by atoms with van der Waals surface area (Å²) in [6.07, 6.45) is -1.89. The average Bonchev–Trinajstić information content (AvgIpc) is 3.44. The van der Waals surface area contributed by atoms with E-state index in [0.29, 0.717) is 19.8 Å². The first-order valence-corrected chi connectivity index (χ1v) is 17.7. The maximum Gasteiger partial charge on any atom is 0.418 e. The minimum atomic E-state index is -4.67. The second-order valence-corrected chi connectivity index (χ2v) is 17.3. The highest BCUT2D eigenvalue weighted by atomic mass is 35.5. The van der Waals surface area contributed by atoms with Gasteiger partial charge >= 0.3 is 11.9 Å². The van der Waals surface area contributed by atoms with Crippen molar-refractivity contribution < 1.29 is 32.3 Å². The Labute approximate surface area is 246 Å². The highest BCUT2D eigenvalue weighted by Gasteiger charge is 2.37. The molecule has 1 N–H and O–H groups in total. The minimum absolute atomic E-state index is 0.00113. The third kappa shape index (κ3) is 7.70. The van der Waals surface area contributed by atoms with Crippen LogP contribution in [0.25, 0.3) is 11.0 Å². The van der Waals surface area contributed by atoms with Gasteiger partial charge in [-0.3, -0.25) is 10.1 Å². The predicted molar refractivity (Wildman–Crippen MR) is 153 cm³/mol. The molecule has 0 radical (unpaired) electrons. The van der Waals surface area contributed by atoms with E-state index in [-0.39, 0.29) is 71.7 Å². The molecule has 0 aromatic carbocycles. The lowest BCUT2D eigenvalue weighted by atomic mass is 10.1. The molecule has 3 aromatic rings. The van der Waals surface area contributed by atoms with Crippen LogP contribution in [0.2, 0.25) is 31.0 Å². The van der Waals surface area contributed by atoms with Crippen LogP contribution in [0.15, 0.2) is 6.20 Å². The zero-order valence-corrected chi connectivity index (χ0v) is 25.7. The Morgan fingerprint density at radius 1 is 1.29 bits per heavy atom. The Morgan fingerprint density at radius 2 is 2.05 bits per heavy atom. The number of aryl methyl sites for hydroxylation is 1. The maximum atomic E-state index is 14.0. The van der Waals surface area contributed by atoms with Gasteiger partial charge in [-0.05, 0) is 43.8 Å². The van der Waals surface area contributed by atoms with Crippen LogP contribution in [0.5, 0.6) is 5.88 Å². The number of halogens is 4. The van der Waals surface area contributed by atoms with E-state index in [1.165, 1.54) is 9.25 Å². The summed E-state index contributed by atoms with van der Waals surface area (Å²) in [5, 5.41) is 18.5. The normalized spacial score (nSPS) is 16.2. The van der Waals surface area contributed by atoms with Crippen molar-refractivity contribution in [2.75, 3.05) is 38.3 Å². The molecule has 0 bridgehead atoms. The van der Waals surface area contributed by atoms with Crippen molar-refractivity contribution in [3.05, 3.63) is 32.9 Å². The monoisotopic (exact) mass is 633 g/mol. The molecule has 4 rings (SSSR count). The fourth-order valence-electron chi connectivity index (χ4n) is 4.62. The number of nitrogens with one attached hydrogen (secondary N) is 1. The Kier molecular flexibility index (Phi) is 10.0. The van der Waals surface area contributed by atoms with Crippen LogP contribution in [0, 0.1) is 17.0 Å². The molecule has 1 aliphatic rings. The van der Waals surface area contributed by atoms with Gasteiger partial charge in [-0.1, -0.05) is 19.6 Å². The first-order chi connectivity index (χ1) is 19.8. The van der Waals surface area contributed by atoms with E-state index < -0.39 is 24.7 Å². The van der Waals surface area contributed by atoms with E-state index >= 15 is 0 Å². The number of aromatic nitrogens is 5. The van der Waals surface area contributed by atoms with Gasteiger partial charge in [-0.15, -0.1) is 0 Å². The number of nitrogens with zero attached hydrogens (tertiary/aromatic N) is 6. The van der Waals surface area contributed by atoms with Crippen molar-refractivity contribution in [1.29, 1.82) is 0 Å². The molecule has 1 fully saturated rings. The predicted octanol–water partition coefficient (Wildman–Crippen LogP) is 6.06. The van der Waals surface area contributed by atoms with Crippen molar-refractivity contribution in [1.82, 2.24) is 24.3 Å². The van der Waals surface area contributed by atoms with Gasteiger partial charge in [0.25, 0.3) is 5.88 Å². The summed E-state index contributed by atoms with van der Waals surface area (Å²) < 4.78 is 61.9. The van der Waals surface area contributed by atoms with E-state index in [0.717, 1.165) is 25.1 Å². The van der Waals surface area contributed by atoms with E-state index in [1.807, 2.05) is 0 Å². The van der Waals surface area contributed by atoms with Crippen molar-refractivity contribution in [2.45, 2.75) is 70.8 Å². The quantitative estimate of drug-likeness (QED) is 0.0784. The minimum Gasteiger partial charge on any atom is -0.473 e. The lowest BCUT2D eigenvalue weighted by molar-refractivity contribution is -0.386. The number of hydrogen-bond donors (Lipinski definition) is 1. The van der Waals surface area contributed by atoms with Gasteiger partial charge < -0.3 is 24.1 Å². The number of fused-ring (bicyclic) bond motifs is 1. The zero-order valence-electron chi connectivity index (χ0n) is 24.0. The van der Waals surface area contributed by atoms with Crippen LogP contribution < -0.4 is 10.1 Å². The van der Waals surface area contributed by atoms with Gasteiger partial charge in [0.2, 0.25) is 5.28 Å². The Hall–Kier alpha value is -2.95. The van der Waals surface area contributed by atoms with Crippen molar-refractivity contribution in [2.24, 2.45) is 0 Å². The van der Waals surface area contributed by atoms with Crippen molar-refractivity contribution in [3.63, 3.8) is 0 Å². The summed E-state index contributed by atoms with van der Waals surface area (Å²) in [5.41, 5.74) is -0.906. The highest BCUT2D eigenvalue weighted by molar-refractivity contribution is 6.76. The Morgan fingerprint density at radius 3 is 2.69 bits per heavy atom. The topological polar surface area (TPSA) is 131 Å². The summed E-state index contributed by atoms with van der Waals surface area (Å²) >= 11 is 6.10. The number of rotatable bonds is 13. The molecule has 1 atom stereocenters. The van der Waals surface area contributed by atoms with E-state index in [4.69, 9.17) is 25.8 Å². The third-order valence-electron chi connectivity index (χ3n) is 6.75. The van der Waals surface area contributed by atoms with Gasteiger partial charge in [0.05, 0.1) is 35.1 Å². The zero-order chi connectivity index (χ0) is 30.7. The maximum absolute atomic E-state index is 14.0. The van der Waals surface area contributed by atoms with Crippen LogP contribution in [0.4, 0.5) is 24.7 Å². The first kappa shape index (κ1) is 32.0. The number of anilines is 1. The molecular formula is C25H35ClF3N7O5Si. The molecule has 232 valence electrons.